The van der Waals surface area contributed by atoms with E-state index in [0.717, 1.165) is 10.7 Å². The van der Waals surface area contributed by atoms with Crippen LogP contribution in [-0.4, -0.2) is 44.9 Å². The molecule has 1 amide bonds. The minimum atomic E-state index is -3.80. The summed E-state index contributed by atoms with van der Waals surface area (Å²) in [6.45, 7) is 2.66. The van der Waals surface area contributed by atoms with E-state index in [2.05, 4.69) is 0 Å². The molecule has 0 saturated heterocycles. The standard InChI is InChI=1S/C14H20N2O5S/c1-2-3-6-16(10-14(15)17)22(18,19)11-4-5-12-13(9-11)21-8-7-20-12/h4-5,9H,2-3,6-8,10H2,1H3,(H2,15,17). The van der Waals surface area contributed by atoms with Crippen molar-refractivity contribution < 1.29 is 22.7 Å². The highest BCUT2D eigenvalue weighted by atomic mass is 32.2. The topological polar surface area (TPSA) is 98.9 Å². The summed E-state index contributed by atoms with van der Waals surface area (Å²) in [4.78, 5) is 11.2. The smallest absolute Gasteiger partial charge is 0.243 e. The first-order valence-corrected chi connectivity index (χ1v) is 8.57. The molecular formula is C14H20N2O5S. The fourth-order valence-corrected chi connectivity index (χ4v) is 3.59. The molecule has 1 aliphatic heterocycles. The molecule has 0 aliphatic carbocycles. The average Bonchev–Trinajstić information content (AvgIpc) is 2.50. The molecule has 0 radical (unpaired) electrons. The van der Waals surface area contributed by atoms with Gasteiger partial charge in [-0.3, -0.25) is 4.79 Å². The predicted molar refractivity (Wildman–Crippen MR) is 80.3 cm³/mol. The van der Waals surface area contributed by atoms with Crippen LogP contribution in [0.1, 0.15) is 19.8 Å². The van der Waals surface area contributed by atoms with Gasteiger partial charge in [0, 0.05) is 12.6 Å². The Kier molecular flexibility index (Phi) is 5.25. The van der Waals surface area contributed by atoms with Crippen LogP contribution in [-0.2, 0) is 14.8 Å². The summed E-state index contributed by atoms with van der Waals surface area (Å²) in [5.41, 5.74) is 5.16. The summed E-state index contributed by atoms with van der Waals surface area (Å²) in [5, 5.41) is 0. The number of carbonyl (C=O) groups excluding carboxylic acids is 1. The summed E-state index contributed by atoms with van der Waals surface area (Å²) in [5.74, 6) is 0.222. The van der Waals surface area contributed by atoms with E-state index in [4.69, 9.17) is 15.2 Å². The zero-order valence-electron chi connectivity index (χ0n) is 12.4. The molecule has 0 bridgehead atoms. The number of carbonyl (C=O) groups is 1. The predicted octanol–water partition coefficient (Wildman–Crippen LogP) is 0.734. The fourth-order valence-electron chi connectivity index (χ4n) is 2.13. The first-order valence-electron chi connectivity index (χ1n) is 7.13. The van der Waals surface area contributed by atoms with Gasteiger partial charge in [0.05, 0.1) is 11.4 Å². The van der Waals surface area contributed by atoms with E-state index in [-0.39, 0.29) is 18.0 Å². The van der Waals surface area contributed by atoms with E-state index in [0.29, 0.717) is 31.1 Å². The Morgan fingerprint density at radius 2 is 1.95 bits per heavy atom. The SMILES string of the molecule is CCCCN(CC(N)=O)S(=O)(=O)c1ccc2c(c1)OCCO2. The Labute approximate surface area is 130 Å². The molecule has 1 aromatic rings. The van der Waals surface area contributed by atoms with Crippen molar-refractivity contribution in [3.8, 4) is 11.5 Å². The molecule has 8 heteroatoms. The molecule has 22 heavy (non-hydrogen) atoms. The maximum absolute atomic E-state index is 12.7. The third-order valence-electron chi connectivity index (χ3n) is 3.24. The molecule has 122 valence electrons. The Morgan fingerprint density at radius 3 is 2.59 bits per heavy atom. The number of amides is 1. The van der Waals surface area contributed by atoms with Crippen molar-refractivity contribution in [2.24, 2.45) is 5.73 Å². The maximum Gasteiger partial charge on any atom is 0.243 e. The number of primary amides is 1. The van der Waals surface area contributed by atoms with Crippen molar-refractivity contribution in [1.82, 2.24) is 4.31 Å². The average molecular weight is 328 g/mol. The zero-order chi connectivity index (χ0) is 16.2. The van der Waals surface area contributed by atoms with Gasteiger partial charge in [-0.05, 0) is 18.6 Å². The number of hydrogen-bond donors (Lipinski definition) is 1. The zero-order valence-corrected chi connectivity index (χ0v) is 13.3. The van der Waals surface area contributed by atoms with Crippen LogP contribution >= 0.6 is 0 Å². The van der Waals surface area contributed by atoms with Crippen molar-refractivity contribution >= 4 is 15.9 Å². The van der Waals surface area contributed by atoms with Crippen LogP contribution < -0.4 is 15.2 Å². The maximum atomic E-state index is 12.7. The number of fused-ring (bicyclic) bond motifs is 1. The van der Waals surface area contributed by atoms with Gasteiger partial charge in [-0.15, -0.1) is 0 Å². The van der Waals surface area contributed by atoms with Gasteiger partial charge in [0.2, 0.25) is 15.9 Å². The van der Waals surface area contributed by atoms with Crippen LogP contribution in [0.4, 0.5) is 0 Å². The molecule has 1 heterocycles. The number of benzene rings is 1. The summed E-state index contributed by atoms with van der Waals surface area (Å²) < 4.78 is 37.2. The minimum absolute atomic E-state index is 0.0640. The molecule has 0 saturated carbocycles. The van der Waals surface area contributed by atoms with Gasteiger partial charge >= 0.3 is 0 Å². The van der Waals surface area contributed by atoms with Gasteiger partial charge in [0.15, 0.2) is 11.5 Å². The van der Waals surface area contributed by atoms with Gasteiger partial charge in [0.1, 0.15) is 13.2 Å². The van der Waals surface area contributed by atoms with Crippen LogP contribution in [0.5, 0.6) is 11.5 Å². The van der Waals surface area contributed by atoms with Crippen LogP contribution in [0.3, 0.4) is 0 Å². The molecule has 0 aromatic heterocycles. The van der Waals surface area contributed by atoms with Gasteiger partial charge in [-0.1, -0.05) is 13.3 Å². The Balaban J connectivity index is 2.31. The van der Waals surface area contributed by atoms with E-state index in [9.17, 15) is 13.2 Å². The summed E-state index contributed by atoms with van der Waals surface area (Å²) in [7, 11) is -3.80. The van der Waals surface area contributed by atoms with Gasteiger partial charge in [-0.2, -0.15) is 4.31 Å². The second-order valence-electron chi connectivity index (χ2n) is 4.96. The summed E-state index contributed by atoms with van der Waals surface area (Å²) >= 11 is 0. The van der Waals surface area contributed by atoms with Crippen molar-refractivity contribution in [3.63, 3.8) is 0 Å². The van der Waals surface area contributed by atoms with Crippen molar-refractivity contribution in [3.05, 3.63) is 18.2 Å². The van der Waals surface area contributed by atoms with Crippen LogP contribution in [0.2, 0.25) is 0 Å². The number of rotatable bonds is 7. The molecule has 0 atom stereocenters. The molecule has 2 N–H and O–H groups in total. The lowest BCUT2D eigenvalue weighted by atomic mass is 10.3. The first-order chi connectivity index (χ1) is 10.4. The first kappa shape index (κ1) is 16.6. The Bertz CT molecular complexity index is 645. The summed E-state index contributed by atoms with van der Waals surface area (Å²) in [6.07, 6.45) is 1.46. The number of unbranched alkanes of at least 4 members (excludes halogenated alkanes) is 1. The second-order valence-corrected chi connectivity index (χ2v) is 6.90. The summed E-state index contributed by atoms with van der Waals surface area (Å²) in [6, 6.07) is 4.43. The Hall–Kier alpha value is -1.80. The number of hydrogen-bond acceptors (Lipinski definition) is 5. The van der Waals surface area contributed by atoms with Gasteiger partial charge in [0.25, 0.3) is 0 Å². The minimum Gasteiger partial charge on any atom is -0.486 e. The van der Waals surface area contributed by atoms with Gasteiger partial charge in [-0.25, -0.2) is 8.42 Å². The van der Waals surface area contributed by atoms with Crippen LogP contribution in [0.25, 0.3) is 0 Å². The van der Waals surface area contributed by atoms with Crippen molar-refractivity contribution in [2.45, 2.75) is 24.7 Å². The van der Waals surface area contributed by atoms with E-state index < -0.39 is 15.9 Å². The molecule has 1 aromatic carbocycles. The number of nitrogens with zero attached hydrogens (tertiary/aromatic N) is 1. The highest BCUT2D eigenvalue weighted by Crippen LogP contribution is 2.33. The lowest BCUT2D eigenvalue weighted by molar-refractivity contribution is -0.118. The third kappa shape index (κ3) is 3.69. The quantitative estimate of drug-likeness (QED) is 0.795. The molecule has 0 spiro atoms. The van der Waals surface area contributed by atoms with Crippen LogP contribution in [0.15, 0.2) is 23.1 Å². The molecule has 0 fully saturated rings. The fraction of sp³-hybridized carbons (Fsp3) is 0.500. The second kappa shape index (κ2) is 6.97. The highest BCUT2D eigenvalue weighted by molar-refractivity contribution is 7.89. The molecule has 0 unspecified atom stereocenters. The lowest BCUT2D eigenvalue weighted by Crippen LogP contribution is -2.39. The largest absolute Gasteiger partial charge is 0.486 e. The van der Waals surface area contributed by atoms with E-state index >= 15 is 0 Å². The van der Waals surface area contributed by atoms with E-state index in [1.54, 1.807) is 6.07 Å². The number of nitrogens with two attached hydrogens (primary N) is 1. The van der Waals surface area contributed by atoms with Crippen LogP contribution in [0, 0.1) is 0 Å². The monoisotopic (exact) mass is 328 g/mol. The number of sulfonamides is 1. The molecule has 2 rings (SSSR count). The van der Waals surface area contributed by atoms with E-state index in [1.165, 1.54) is 12.1 Å². The normalized spacial score (nSPS) is 14.1. The number of ether oxygens (including phenoxy) is 2. The van der Waals surface area contributed by atoms with Gasteiger partial charge < -0.3 is 15.2 Å². The van der Waals surface area contributed by atoms with E-state index in [1.807, 2.05) is 6.92 Å². The molecule has 7 nitrogen and oxygen atoms in total. The highest BCUT2D eigenvalue weighted by Gasteiger charge is 2.27. The molecular weight excluding hydrogens is 308 g/mol. The molecule has 1 aliphatic rings. The van der Waals surface area contributed by atoms with Crippen molar-refractivity contribution in [1.29, 1.82) is 0 Å². The third-order valence-corrected chi connectivity index (χ3v) is 5.09. The Morgan fingerprint density at radius 1 is 1.27 bits per heavy atom. The lowest BCUT2D eigenvalue weighted by Gasteiger charge is -2.23. The van der Waals surface area contributed by atoms with Crippen molar-refractivity contribution in [2.75, 3.05) is 26.3 Å².